The lowest BCUT2D eigenvalue weighted by atomic mass is 10.3. The Bertz CT molecular complexity index is 494. The Morgan fingerprint density at radius 2 is 1.94 bits per heavy atom. The second-order valence-electron chi connectivity index (χ2n) is 3.66. The van der Waals surface area contributed by atoms with Gasteiger partial charge in [0.25, 0.3) is 0 Å². The number of pyridine rings is 2. The molecule has 4 heteroatoms. The minimum absolute atomic E-state index is 0.612. The van der Waals surface area contributed by atoms with E-state index in [1.165, 1.54) is 0 Å². The van der Waals surface area contributed by atoms with Crippen molar-refractivity contribution in [3.05, 3.63) is 46.9 Å². The summed E-state index contributed by atoms with van der Waals surface area (Å²) in [5.74, 6) is 0.651. The Morgan fingerprint density at radius 1 is 1.12 bits per heavy atom. The normalized spacial score (nSPS) is 10.2. The third kappa shape index (κ3) is 2.49. The van der Waals surface area contributed by atoms with Crippen LogP contribution in [0.25, 0.3) is 0 Å². The molecule has 0 spiro atoms. The molecule has 2 aromatic rings. The first-order valence-corrected chi connectivity index (χ1v) is 5.35. The van der Waals surface area contributed by atoms with Crippen LogP contribution in [0.2, 0.25) is 5.02 Å². The summed E-state index contributed by atoms with van der Waals surface area (Å²) < 4.78 is 0. The molecular weight excluding hydrogens is 222 g/mol. The predicted molar refractivity (Wildman–Crippen MR) is 66.2 cm³/mol. The number of anilines is 2. The fraction of sp³-hybridized carbons (Fsp3) is 0.167. The first-order chi connectivity index (χ1) is 7.65. The monoisotopic (exact) mass is 233 g/mol. The van der Waals surface area contributed by atoms with Gasteiger partial charge in [-0.25, -0.2) is 4.98 Å². The van der Waals surface area contributed by atoms with Crippen LogP contribution < -0.4 is 5.32 Å². The number of aromatic nitrogens is 2. The Balaban J connectivity index is 2.23. The van der Waals surface area contributed by atoms with Gasteiger partial charge in [-0.05, 0) is 37.6 Å². The van der Waals surface area contributed by atoms with Crippen molar-refractivity contribution >= 4 is 23.1 Å². The number of hydrogen-bond acceptors (Lipinski definition) is 3. The third-order valence-corrected chi connectivity index (χ3v) is 2.44. The average molecular weight is 234 g/mol. The molecule has 0 radical (unpaired) electrons. The maximum atomic E-state index is 6.07. The SMILES string of the molecule is Cc1cnc(Nc2ccc(C)nc2)c(Cl)c1. The van der Waals surface area contributed by atoms with Gasteiger partial charge in [0.1, 0.15) is 5.82 Å². The van der Waals surface area contributed by atoms with Gasteiger partial charge in [-0.1, -0.05) is 11.6 Å². The van der Waals surface area contributed by atoms with Crippen molar-refractivity contribution in [3.8, 4) is 0 Å². The van der Waals surface area contributed by atoms with Gasteiger partial charge in [-0.15, -0.1) is 0 Å². The molecule has 0 aliphatic heterocycles. The van der Waals surface area contributed by atoms with Crippen LogP contribution in [-0.4, -0.2) is 9.97 Å². The Hall–Kier alpha value is -1.61. The largest absolute Gasteiger partial charge is 0.338 e. The van der Waals surface area contributed by atoms with E-state index in [1.54, 1.807) is 12.4 Å². The Morgan fingerprint density at radius 3 is 2.56 bits per heavy atom. The van der Waals surface area contributed by atoms with Crippen molar-refractivity contribution < 1.29 is 0 Å². The van der Waals surface area contributed by atoms with Crippen molar-refractivity contribution in [2.75, 3.05) is 5.32 Å². The van der Waals surface area contributed by atoms with Crippen molar-refractivity contribution in [1.29, 1.82) is 0 Å². The lowest BCUT2D eigenvalue weighted by molar-refractivity contribution is 1.19. The Kier molecular flexibility index (Phi) is 3.06. The van der Waals surface area contributed by atoms with Gasteiger partial charge in [0.2, 0.25) is 0 Å². The van der Waals surface area contributed by atoms with Crippen LogP contribution in [0, 0.1) is 13.8 Å². The second kappa shape index (κ2) is 4.49. The van der Waals surface area contributed by atoms with E-state index in [0.29, 0.717) is 10.8 Å². The summed E-state index contributed by atoms with van der Waals surface area (Å²) in [5, 5.41) is 3.73. The van der Waals surface area contributed by atoms with Crippen LogP contribution in [0.5, 0.6) is 0 Å². The van der Waals surface area contributed by atoms with E-state index in [4.69, 9.17) is 11.6 Å². The second-order valence-corrected chi connectivity index (χ2v) is 4.06. The Labute approximate surface area is 99.5 Å². The highest BCUT2D eigenvalue weighted by atomic mass is 35.5. The molecule has 2 aromatic heterocycles. The maximum absolute atomic E-state index is 6.07. The van der Waals surface area contributed by atoms with Gasteiger partial charge in [0.05, 0.1) is 16.9 Å². The molecule has 0 saturated carbocycles. The lowest BCUT2D eigenvalue weighted by Crippen LogP contribution is -1.95. The van der Waals surface area contributed by atoms with Gasteiger partial charge < -0.3 is 5.32 Å². The van der Waals surface area contributed by atoms with E-state index in [1.807, 2.05) is 32.0 Å². The maximum Gasteiger partial charge on any atom is 0.149 e. The summed E-state index contributed by atoms with van der Waals surface area (Å²) in [4.78, 5) is 8.41. The molecule has 2 rings (SSSR count). The van der Waals surface area contributed by atoms with Crippen LogP contribution in [0.15, 0.2) is 30.6 Å². The summed E-state index contributed by atoms with van der Waals surface area (Å²) in [6, 6.07) is 5.75. The summed E-state index contributed by atoms with van der Waals surface area (Å²) in [6.45, 7) is 3.90. The topological polar surface area (TPSA) is 37.8 Å². The van der Waals surface area contributed by atoms with Crippen molar-refractivity contribution in [2.45, 2.75) is 13.8 Å². The van der Waals surface area contributed by atoms with Crippen LogP contribution in [0.3, 0.4) is 0 Å². The molecule has 2 heterocycles. The first kappa shape index (κ1) is 10.9. The highest BCUT2D eigenvalue weighted by Gasteiger charge is 2.02. The molecule has 16 heavy (non-hydrogen) atoms. The zero-order valence-corrected chi connectivity index (χ0v) is 9.92. The van der Waals surface area contributed by atoms with E-state index < -0.39 is 0 Å². The van der Waals surface area contributed by atoms with Gasteiger partial charge in [-0.2, -0.15) is 0 Å². The van der Waals surface area contributed by atoms with E-state index in [0.717, 1.165) is 16.9 Å². The highest BCUT2D eigenvalue weighted by molar-refractivity contribution is 6.33. The third-order valence-electron chi connectivity index (χ3n) is 2.15. The minimum atomic E-state index is 0.612. The first-order valence-electron chi connectivity index (χ1n) is 4.97. The number of nitrogens with one attached hydrogen (secondary N) is 1. The predicted octanol–water partition coefficient (Wildman–Crippen LogP) is 3.49. The summed E-state index contributed by atoms with van der Waals surface area (Å²) in [6.07, 6.45) is 3.53. The van der Waals surface area contributed by atoms with E-state index in [9.17, 15) is 0 Å². The average Bonchev–Trinajstić information content (AvgIpc) is 2.25. The smallest absolute Gasteiger partial charge is 0.149 e. The molecule has 82 valence electrons. The minimum Gasteiger partial charge on any atom is -0.338 e. The van der Waals surface area contributed by atoms with Crippen LogP contribution >= 0.6 is 11.6 Å². The summed E-state index contributed by atoms with van der Waals surface area (Å²) in [7, 11) is 0. The summed E-state index contributed by atoms with van der Waals surface area (Å²) in [5.41, 5.74) is 2.90. The number of hydrogen-bond donors (Lipinski definition) is 1. The van der Waals surface area contributed by atoms with Crippen molar-refractivity contribution in [2.24, 2.45) is 0 Å². The molecular formula is C12H12ClN3. The van der Waals surface area contributed by atoms with Crippen LogP contribution in [0.1, 0.15) is 11.3 Å². The van der Waals surface area contributed by atoms with Gasteiger partial charge in [-0.3, -0.25) is 4.98 Å². The van der Waals surface area contributed by atoms with Gasteiger partial charge >= 0.3 is 0 Å². The zero-order chi connectivity index (χ0) is 11.5. The quantitative estimate of drug-likeness (QED) is 0.863. The number of rotatable bonds is 2. The standard InChI is InChI=1S/C12H12ClN3/c1-8-5-11(13)12(15-6-8)16-10-4-3-9(2)14-7-10/h3-7H,1-2H3,(H,15,16). The van der Waals surface area contributed by atoms with Gasteiger partial charge in [0, 0.05) is 11.9 Å². The highest BCUT2D eigenvalue weighted by Crippen LogP contribution is 2.23. The summed E-state index contributed by atoms with van der Waals surface area (Å²) >= 11 is 6.07. The molecule has 0 aliphatic rings. The molecule has 0 aromatic carbocycles. The molecule has 0 unspecified atom stereocenters. The van der Waals surface area contributed by atoms with Gasteiger partial charge in [0.15, 0.2) is 0 Å². The van der Waals surface area contributed by atoms with E-state index in [-0.39, 0.29) is 0 Å². The number of aryl methyl sites for hydroxylation is 2. The van der Waals surface area contributed by atoms with Crippen LogP contribution in [0.4, 0.5) is 11.5 Å². The molecule has 0 atom stereocenters. The van der Waals surface area contributed by atoms with E-state index in [2.05, 4.69) is 15.3 Å². The zero-order valence-electron chi connectivity index (χ0n) is 9.16. The molecule has 1 N–H and O–H groups in total. The van der Waals surface area contributed by atoms with Crippen LogP contribution in [-0.2, 0) is 0 Å². The molecule has 0 amide bonds. The fourth-order valence-electron chi connectivity index (χ4n) is 1.30. The molecule has 0 saturated heterocycles. The number of halogens is 1. The fourth-order valence-corrected chi connectivity index (χ4v) is 1.57. The molecule has 3 nitrogen and oxygen atoms in total. The van der Waals surface area contributed by atoms with E-state index >= 15 is 0 Å². The van der Waals surface area contributed by atoms with Crippen molar-refractivity contribution in [1.82, 2.24) is 9.97 Å². The van der Waals surface area contributed by atoms with Crippen molar-refractivity contribution in [3.63, 3.8) is 0 Å². The lowest BCUT2D eigenvalue weighted by Gasteiger charge is -2.07. The molecule has 0 fully saturated rings. The number of nitrogens with zero attached hydrogens (tertiary/aromatic N) is 2. The molecule has 0 aliphatic carbocycles. The molecule has 0 bridgehead atoms.